The predicted octanol–water partition coefficient (Wildman–Crippen LogP) is -2.29. The second kappa shape index (κ2) is 1.52. The predicted molar refractivity (Wildman–Crippen MR) is 24.9 cm³/mol. The number of imide groups is 1. The van der Waals surface area contributed by atoms with E-state index in [2.05, 4.69) is 0 Å². The van der Waals surface area contributed by atoms with Gasteiger partial charge in [0.1, 0.15) is 0 Å². The van der Waals surface area contributed by atoms with Crippen molar-refractivity contribution in [2.24, 2.45) is 0 Å². The molecule has 1 aliphatic heterocycles. The van der Waals surface area contributed by atoms with Gasteiger partial charge in [0.05, 0.1) is 6.42 Å². The van der Waals surface area contributed by atoms with Crippen molar-refractivity contribution in [3.63, 3.8) is 0 Å². The van der Waals surface area contributed by atoms with Crippen LogP contribution in [0.2, 0.25) is 0 Å². The average molecular weight is 131 g/mol. The van der Waals surface area contributed by atoms with Gasteiger partial charge >= 0.3 is 0 Å². The molecule has 1 saturated heterocycles. The normalized spacial score (nSPS) is 24.2. The summed E-state index contributed by atoms with van der Waals surface area (Å²) in [6.07, 6.45) is -0.564. The van der Waals surface area contributed by atoms with Crippen molar-refractivity contribution in [1.82, 2.24) is 5.32 Å². The maximum Gasteiger partial charge on any atom is 0.287 e. The minimum absolute atomic E-state index is 0.564. The zero-order chi connectivity index (χ0) is 7.07. The van der Waals surface area contributed by atoms with Crippen LogP contribution in [0.4, 0.5) is 0 Å². The Morgan fingerprint density at radius 2 is 2.00 bits per heavy atom. The van der Waals surface area contributed by atoms with E-state index in [9.17, 15) is 9.59 Å². The number of carbonyl (C=O) groups excluding carboxylic acids is 2. The Kier molecular flexibility index (Phi) is 1.04. The lowest BCUT2D eigenvalue weighted by atomic mass is 10.2. The van der Waals surface area contributed by atoms with Crippen LogP contribution in [0.25, 0.3) is 0 Å². The lowest BCUT2D eigenvalue weighted by Crippen LogP contribution is -2.37. The van der Waals surface area contributed by atoms with E-state index >= 15 is 0 Å². The molecule has 0 saturated carbocycles. The number of hydrogen-bond acceptors (Lipinski definition) is 4. The highest BCUT2D eigenvalue weighted by molar-refractivity contribution is 6.06. The fourth-order valence-electron chi connectivity index (χ4n) is 0.575. The van der Waals surface area contributed by atoms with Gasteiger partial charge in [-0.05, 0) is 0 Å². The van der Waals surface area contributed by atoms with E-state index < -0.39 is 24.0 Å². The summed E-state index contributed by atoms with van der Waals surface area (Å²) in [5.74, 6) is -4.19. The molecule has 0 radical (unpaired) electrons. The number of nitrogens with one attached hydrogen (secondary N) is 1. The Morgan fingerprint density at radius 1 is 1.44 bits per heavy atom. The lowest BCUT2D eigenvalue weighted by Gasteiger charge is -2.06. The van der Waals surface area contributed by atoms with Gasteiger partial charge in [0.25, 0.3) is 11.7 Å². The van der Waals surface area contributed by atoms with Crippen LogP contribution in [0.1, 0.15) is 6.42 Å². The first-order valence-electron chi connectivity index (χ1n) is 2.31. The van der Waals surface area contributed by atoms with Gasteiger partial charge < -0.3 is 10.2 Å². The molecule has 2 amide bonds. The number of hydrogen-bond donors (Lipinski definition) is 3. The third kappa shape index (κ3) is 0.914. The summed E-state index contributed by atoms with van der Waals surface area (Å²) in [6, 6.07) is 0. The number of amides is 2. The summed E-state index contributed by atoms with van der Waals surface area (Å²) in [5, 5.41) is 18.8. The average Bonchev–Trinajstić information content (AvgIpc) is 1.79. The Morgan fingerprint density at radius 3 is 2.11 bits per heavy atom. The molecule has 3 N–H and O–H groups in total. The zero-order valence-electron chi connectivity index (χ0n) is 4.42. The van der Waals surface area contributed by atoms with Gasteiger partial charge in [-0.1, -0.05) is 0 Å². The van der Waals surface area contributed by atoms with E-state index in [1.807, 2.05) is 0 Å². The highest BCUT2D eigenvalue weighted by atomic mass is 16.5. The second-order valence-corrected chi connectivity index (χ2v) is 1.87. The molecule has 0 unspecified atom stereocenters. The molecule has 1 aliphatic rings. The summed E-state index contributed by atoms with van der Waals surface area (Å²) in [7, 11) is 0. The number of rotatable bonds is 0. The van der Waals surface area contributed by atoms with Crippen molar-refractivity contribution in [2.75, 3.05) is 0 Å². The quantitative estimate of drug-likeness (QED) is 0.255. The largest absolute Gasteiger partial charge is 0.358 e. The molecule has 0 atom stereocenters. The van der Waals surface area contributed by atoms with Gasteiger partial charge in [-0.25, -0.2) is 0 Å². The summed E-state index contributed by atoms with van der Waals surface area (Å²) < 4.78 is 0. The molecule has 5 nitrogen and oxygen atoms in total. The highest BCUT2D eigenvalue weighted by Gasteiger charge is 2.43. The van der Waals surface area contributed by atoms with Crippen LogP contribution in [-0.4, -0.2) is 27.8 Å². The van der Waals surface area contributed by atoms with E-state index in [1.54, 1.807) is 5.32 Å². The first-order chi connectivity index (χ1) is 4.02. The summed E-state index contributed by atoms with van der Waals surface area (Å²) in [4.78, 5) is 20.5. The van der Waals surface area contributed by atoms with Gasteiger partial charge in [-0.15, -0.1) is 0 Å². The lowest BCUT2D eigenvalue weighted by molar-refractivity contribution is -0.176. The highest BCUT2D eigenvalue weighted by Crippen LogP contribution is 2.11. The Labute approximate surface area is 50.3 Å². The maximum absolute atomic E-state index is 10.3. The van der Waals surface area contributed by atoms with Crippen molar-refractivity contribution in [3.05, 3.63) is 0 Å². The van der Waals surface area contributed by atoms with E-state index in [0.717, 1.165) is 0 Å². The fourth-order valence-corrected chi connectivity index (χ4v) is 0.575. The van der Waals surface area contributed by atoms with Gasteiger partial charge in [0.2, 0.25) is 5.91 Å². The molecule has 0 bridgehead atoms. The van der Waals surface area contributed by atoms with Crippen LogP contribution in [0.3, 0.4) is 0 Å². The van der Waals surface area contributed by atoms with E-state index in [1.165, 1.54) is 0 Å². The minimum Gasteiger partial charge on any atom is -0.358 e. The fraction of sp³-hybridized carbons (Fsp3) is 0.500. The minimum atomic E-state index is -2.48. The van der Waals surface area contributed by atoms with Crippen molar-refractivity contribution in [3.8, 4) is 0 Å². The summed E-state index contributed by atoms with van der Waals surface area (Å²) in [5.41, 5.74) is 0. The molecule has 1 heterocycles. The summed E-state index contributed by atoms with van der Waals surface area (Å²) >= 11 is 0. The number of carbonyl (C=O) groups is 2. The first-order valence-corrected chi connectivity index (χ1v) is 2.31. The van der Waals surface area contributed by atoms with Crippen molar-refractivity contribution >= 4 is 11.8 Å². The number of aliphatic hydroxyl groups is 2. The van der Waals surface area contributed by atoms with Gasteiger partial charge in [0.15, 0.2) is 0 Å². The Bertz CT molecular complexity index is 173. The molecule has 0 aromatic rings. The first kappa shape index (κ1) is 6.18. The molecule has 9 heavy (non-hydrogen) atoms. The van der Waals surface area contributed by atoms with Crippen LogP contribution in [0.5, 0.6) is 0 Å². The standard InChI is InChI=1S/C4H5NO4/c6-2-1-4(8,9)3(7)5-2/h8-9H,1H2,(H,5,6,7). The molecule has 0 aromatic carbocycles. The molecular formula is C4H5NO4. The van der Waals surface area contributed by atoms with Crippen LogP contribution < -0.4 is 5.32 Å². The third-order valence-electron chi connectivity index (χ3n) is 1.02. The van der Waals surface area contributed by atoms with Crippen LogP contribution in [-0.2, 0) is 9.59 Å². The van der Waals surface area contributed by atoms with Crippen molar-refractivity contribution in [1.29, 1.82) is 0 Å². The van der Waals surface area contributed by atoms with Crippen LogP contribution in [0.15, 0.2) is 0 Å². The van der Waals surface area contributed by atoms with Crippen LogP contribution in [0, 0.1) is 0 Å². The molecule has 1 rings (SSSR count). The van der Waals surface area contributed by atoms with Gasteiger partial charge in [0, 0.05) is 0 Å². The molecular weight excluding hydrogens is 126 g/mol. The molecule has 0 aromatic heterocycles. The van der Waals surface area contributed by atoms with E-state index in [-0.39, 0.29) is 0 Å². The van der Waals surface area contributed by atoms with Gasteiger partial charge in [-0.2, -0.15) is 0 Å². The smallest absolute Gasteiger partial charge is 0.287 e. The topological polar surface area (TPSA) is 86.6 Å². The molecule has 50 valence electrons. The third-order valence-corrected chi connectivity index (χ3v) is 1.02. The monoisotopic (exact) mass is 131 g/mol. The molecule has 0 spiro atoms. The summed E-state index contributed by atoms with van der Waals surface area (Å²) in [6.45, 7) is 0. The van der Waals surface area contributed by atoms with Crippen molar-refractivity contribution < 1.29 is 19.8 Å². The van der Waals surface area contributed by atoms with E-state index in [4.69, 9.17) is 10.2 Å². The molecule has 5 heteroatoms. The Balaban J connectivity index is 2.81. The second-order valence-electron chi connectivity index (χ2n) is 1.87. The van der Waals surface area contributed by atoms with Crippen LogP contribution >= 0.6 is 0 Å². The molecule has 1 fully saturated rings. The maximum atomic E-state index is 10.3. The van der Waals surface area contributed by atoms with Crippen molar-refractivity contribution in [2.45, 2.75) is 12.2 Å². The Hall–Kier alpha value is -0.940. The SMILES string of the molecule is O=C1CC(O)(O)C(=O)N1. The molecule has 0 aliphatic carbocycles. The zero-order valence-corrected chi connectivity index (χ0v) is 4.42. The van der Waals surface area contributed by atoms with E-state index in [0.29, 0.717) is 0 Å². The van der Waals surface area contributed by atoms with Gasteiger partial charge in [-0.3, -0.25) is 14.9 Å².